The Morgan fingerprint density at radius 3 is 2.78 bits per heavy atom. The van der Waals surface area contributed by atoms with E-state index in [1.54, 1.807) is 11.8 Å². The number of rotatable bonds is 3. The smallest absolute Gasteiger partial charge is 0.242 e. The van der Waals surface area contributed by atoms with Crippen molar-refractivity contribution in [3.05, 3.63) is 11.4 Å². The highest BCUT2D eigenvalue weighted by Gasteiger charge is 2.24. The van der Waals surface area contributed by atoms with Crippen LogP contribution in [0.3, 0.4) is 0 Å². The van der Waals surface area contributed by atoms with E-state index in [0.29, 0.717) is 6.04 Å². The topological polar surface area (TPSA) is 59.0 Å². The largest absolute Gasteiger partial charge is 0.322 e. The van der Waals surface area contributed by atoms with Gasteiger partial charge in [0.15, 0.2) is 0 Å². The Balaban J connectivity index is 2.16. The second-order valence-electron chi connectivity index (χ2n) is 4.85. The molecule has 1 amide bonds. The van der Waals surface area contributed by atoms with E-state index >= 15 is 0 Å². The van der Waals surface area contributed by atoms with E-state index in [2.05, 4.69) is 29.6 Å². The number of thioether (sulfide) groups is 1. The van der Waals surface area contributed by atoms with E-state index in [4.69, 9.17) is 0 Å². The zero-order valence-corrected chi connectivity index (χ0v) is 12.1. The summed E-state index contributed by atoms with van der Waals surface area (Å²) in [7, 11) is 0. The van der Waals surface area contributed by atoms with Crippen LogP contribution in [-0.2, 0) is 4.79 Å². The molecule has 5 nitrogen and oxygen atoms in total. The lowest BCUT2D eigenvalue weighted by Gasteiger charge is -2.12. The highest BCUT2D eigenvalue weighted by Crippen LogP contribution is 2.23. The fourth-order valence-electron chi connectivity index (χ4n) is 2.12. The second kappa shape index (κ2) is 5.32. The minimum atomic E-state index is -0.0869. The Bertz CT molecular complexity index is 449. The van der Waals surface area contributed by atoms with Crippen LogP contribution in [0.5, 0.6) is 0 Å². The third-order valence-corrected chi connectivity index (χ3v) is 4.03. The van der Waals surface area contributed by atoms with Crippen LogP contribution < -0.4 is 10.6 Å². The molecule has 0 saturated carbocycles. The molecule has 0 aromatic carbocycles. The lowest BCUT2D eigenvalue weighted by molar-refractivity contribution is -0.117. The first-order chi connectivity index (χ1) is 8.50. The summed E-state index contributed by atoms with van der Waals surface area (Å²) in [6, 6.07) is 0.214. The molecule has 1 unspecified atom stereocenters. The zero-order valence-electron chi connectivity index (χ0n) is 11.3. The summed E-state index contributed by atoms with van der Waals surface area (Å²) in [4.78, 5) is 12.1. The molecular formula is C12H20N4OS. The summed E-state index contributed by atoms with van der Waals surface area (Å²) in [6.45, 7) is 8.09. The summed E-state index contributed by atoms with van der Waals surface area (Å²) < 4.78 is 1.95. The van der Waals surface area contributed by atoms with Gasteiger partial charge >= 0.3 is 0 Å². The molecule has 1 fully saturated rings. The monoisotopic (exact) mass is 268 g/mol. The fourth-order valence-corrected chi connectivity index (χ4v) is 3.06. The number of aromatic nitrogens is 2. The highest BCUT2D eigenvalue weighted by molar-refractivity contribution is 7.99. The van der Waals surface area contributed by atoms with E-state index in [0.717, 1.165) is 28.7 Å². The van der Waals surface area contributed by atoms with Gasteiger partial charge in [0.1, 0.15) is 0 Å². The molecule has 18 heavy (non-hydrogen) atoms. The average Bonchev–Trinajstić information content (AvgIpc) is 2.92. The molecular weight excluding hydrogens is 248 g/mol. The van der Waals surface area contributed by atoms with Gasteiger partial charge in [0, 0.05) is 17.7 Å². The Morgan fingerprint density at radius 1 is 1.56 bits per heavy atom. The summed E-state index contributed by atoms with van der Waals surface area (Å²) >= 11 is 1.75. The van der Waals surface area contributed by atoms with Crippen LogP contribution >= 0.6 is 11.8 Å². The first kappa shape index (κ1) is 13.4. The normalized spacial score (nSPS) is 19.5. The molecule has 2 rings (SSSR count). The molecule has 1 saturated heterocycles. The van der Waals surface area contributed by atoms with E-state index in [1.807, 2.05) is 18.5 Å². The summed E-state index contributed by atoms with van der Waals surface area (Å²) in [5.74, 6) is 1.72. The number of amides is 1. The van der Waals surface area contributed by atoms with Crippen molar-refractivity contribution in [1.82, 2.24) is 15.1 Å². The number of carbonyl (C=O) groups excluding carboxylic acids is 1. The molecule has 1 aromatic heterocycles. The Hall–Kier alpha value is -1.01. The van der Waals surface area contributed by atoms with Crippen molar-refractivity contribution in [2.75, 3.05) is 16.9 Å². The minimum absolute atomic E-state index is 0.0366. The van der Waals surface area contributed by atoms with Crippen LogP contribution in [0.1, 0.15) is 31.3 Å². The first-order valence-electron chi connectivity index (χ1n) is 6.18. The Labute approximate surface area is 112 Å². The number of carbonyl (C=O) groups is 1. The number of anilines is 1. The maximum atomic E-state index is 12.1. The lowest BCUT2D eigenvalue weighted by atomic mass is 10.2. The van der Waals surface area contributed by atoms with Crippen molar-refractivity contribution >= 4 is 23.4 Å². The Kier molecular flexibility index (Phi) is 3.97. The van der Waals surface area contributed by atoms with Crippen LogP contribution in [-0.4, -0.2) is 33.4 Å². The average molecular weight is 268 g/mol. The van der Waals surface area contributed by atoms with Gasteiger partial charge in [-0.2, -0.15) is 5.10 Å². The number of hydrogen-bond acceptors (Lipinski definition) is 4. The van der Waals surface area contributed by atoms with Gasteiger partial charge in [-0.1, -0.05) is 0 Å². The zero-order chi connectivity index (χ0) is 13.3. The van der Waals surface area contributed by atoms with Crippen LogP contribution in [0.4, 0.5) is 5.69 Å². The molecule has 0 radical (unpaired) electrons. The van der Waals surface area contributed by atoms with Gasteiger partial charge in [-0.25, -0.2) is 0 Å². The molecule has 1 atom stereocenters. The van der Waals surface area contributed by atoms with Crippen molar-refractivity contribution < 1.29 is 4.79 Å². The molecule has 0 bridgehead atoms. The quantitative estimate of drug-likeness (QED) is 0.875. The maximum absolute atomic E-state index is 12.1. The molecule has 100 valence electrons. The first-order valence-corrected chi connectivity index (χ1v) is 7.34. The maximum Gasteiger partial charge on any atom is 0.242 e. The lowest BCUT2D eigenvalue weighted by Crippen LogP contribution is -2.37. The van der Waals surface area contributed by atoms with Crippen molar-refractivity contribution in [2.24, 2.45) is 0 Å². The predicted octanol–water partition coefficient (Wildman–Crippen LogP) is 1.68. The molecule has 2 heterocycles. The molecule has 6 heteroatoms. The van der Waals surface area contributed by atoms with Gasteiger partial charge in [-0.3, -0.25) is 14.8 Å². The standard InChI is InChI=1S/C12H20N4OS/c1-7(2)16-9(4)11(8(3)15-16)14-12(17)10-5-18-6-13-10/h7,10,13H,5-6H2,1-4H3,(H,14,17). The number of hydrogen-bond donors (Lipinski definition) is 2. The third kappa shape index (κ3) is 2.54. The fraction of sp³-hybridized carbons (Fsp3) is 0.667. The van der Waals surface area contributed by atoms with Gasteiger partial charge in [-0.15, -0.1) is 11.8 Å². The summed E-state index contributed by atoms with van der Waals surface area (Å²) in [5.41, 5.74) is 2.74. The third-order valence-electron chi connectivity index (χ3n) is 3.10. The van der Waals surface area contributed by atoms with Crippen molar-refractivity contribution in [3.63, 3.8) is 0 Å². The number of nitrogens with zero attached hydrogens (tertiary/aromatic N) is 2. The summed E-state index contributed by atoms with van der Waals surface area (Å²) in [6.07, 6.45) is 0. The number of nitrogens with one attached hydrogen (secondary N) is 2. The molecule has 0 aliphatic carbocycles. The van der Waals surface area contributed by atoms with Gasteiger partial charge in [-0.05, 0) is 27.7 Å². The molecule has 2 N–H and O–H groups in total. The van der Waals surface area contributed by atoms with Crippen molar-refractivity contribution in [1.29, 1.82) is 0 Å². The van der Waals surface area contributed by atoms with E-state index in [-0.39, 0.29) is 11.9 Å². The van der Waals surface area contributed by atoms with Crippen molar-refractivity contribution in [2.45, 2.75) is 39.8 Å². The van der Waals surface area contributed by atoms with Gasteiger partial charge in [0.2, 0.25) is 5.91 Å². The molecule has 1 aliphatic heterocycles. The molecule has 1 aliphatic rings. The Morgan fingerprint density at radius 2 is 2.28 bits per heavy atom. The summed E-state index contributed by atoms with van der Waals surface area (Å²) in [5, 5.41) is 10.6. The minimum Gasteiger partial charge on any atom is -0.322 e. The SMILES string of the molecule is Cc1nn(C(C)C)c(C)c1NC(=O)C1CSCN1. The highest BCUT2D eigenvalue weighted by atomic mass is 32.2. The van der Waals surface area contributed by atoms with E-state index < -0.39 is 0 Å². The van der Waals surface area contributed by atoms with Crippen LogP contribution in [0.2, 0.25) is 0 Å². The van der Waals surface area contributed by atoms with E-state index in [9.17, 15) is 4.79 Å². The van der Waals surface area contributed by atoms with Crippen LogP contribution in [0.25, 0.3) is 0 Å². The predicted molar refractivity (Wildman–Crippen MR) is 75.0 cm³/mol. The van der Waals surface area contributed by atoms with Gasteiger partial charge in [0.25, 0.3) is 0 Å². The molecule has 1 aromatic rings. The van der Waals surface area contributed by atoms with Crippen molar-refractivity contribution in [3.8, 4) is 0 Å². The molecule has 0 spiro atoms. The van der Waals surface area contributed by atoms with Gasteiger partial charge in [0.05, 0.1) is 23.1 Å². The van der Waals surface area contributed by atoms with Crippen LogP contribution in [0.15, 0.2) is 0 Å². The van der Waals surface area contributed by atoms with Crippen LogP contribution in [0, 0.1) is 13.8 Å². The van der Waals surface area contributed by atoms with E-state index in [1.165, 1.54) is 0 Å². The van der Waals surface area contributed by atoms with Gasteiger partial charge < -0.3 is 5.32 Å². The number of aryl methyl sites for hydroxylation is 1. The second-order valence-corrected chi connectivity index (χ2v) is 5.88.